The van der Waals surface area contributed by atoms with E-state index in [-0.39, 0.29) is 10.9 Å². The Balaban J connectivity index is 2.96. The van der Waals surface area contributed by atoms with Gasteiger partial charge in [0.25, 0.3) is 0 Å². The predicted octanol–water partition coefficient (Wildman–Crippen LogP) is 2.29. The van der Waals surface area contributed by atoms with Crippen molar-refractivity contribution in [1.82, 2.24) is 9.97 Å². The molecular formula is C13H20N4OS. The van der Waals surface area contributed by atoms with Crippen molar-refractivity contribution in [2.45, 2.75) is 39.5 Å². The van der Waals surface area contributed by atoms with Crippen molar-refractivity contribution in [2.75, 3.05) is 5.32 Å². The zero-order valence-corrected chi connectivity index (χ0v) is 12.2. The molecule has 0 fully saturated rings. The van der Waals surface area contributed by atoms with Crippen LogP contribution in [0.4, 0.5) is 5.69 Å². The first-order valence-corrected chi connectivity index (χ1v) is 6.84. The zero-order valence-electron chi connectivity index (χ0n) is 11.3. The summed E-state index contributed by atoms with van der Waals surface area (Å²) in [6.45, 7) is 4.03. The van der Waals surface area contributed by atoms with Gasteiger partial charge in [0.1, 0.15) is 6.33 Å². The van der Waals surface area contributed by atoms with Crippen LogP contribution in [0, 0.1) is 5.41 Å². The molecule has 1 rings (SSSR count). The molecule has 0 aliphatic rings. The average molecular weight is 280 g/mol. The Bertz CT molecular complexity index is 430. The highest BCUT2D eigenvalue weighted by Crippen LogP contribution is 2.32. The number of anilines is 1. The molecule has 1 aromatic rings. The number of nitrogens with two attached hydrogens (primary N) is 1. The van der Waals surface area contributed by atoms with E-state index in [1.165, 1.54) is 6.33 Å². The molecule has 0 aromatic carbocycles. The standard InChI is InChI=1S/C13H20N4OS/c1-3-5-13(6-4-2,11(14)19)12(18)17-10-7-15-9-16-8-10/h7-9H,3-6H2,1-2H3,(H2,14,19)(H,17,18). The first-order chi connectivity index (χ1) is 9.06. The molecule has 0 saturated carbocycles. The normalized spacial score (nSPS) is 11.1. The lowest BCUT2D eigenvalue weighted by atomic mass is 9.78. The molecule has 1 aromatic heterocycles. The predicted molar refractivity (Wildman–Crippen MR) is 79.7 cm³/mol. The number of rotatable bonds is 7. The van der Waals surface area contributed by atoms with E-state index in [2.05, 4.69) is 15.3 Å². The van der Waals surface area contributed by atoms with Crippen LogP contribution in [0.25, 0.3) is 0 Å². The molecule has 19 heavy (non-hydrogen) atoms. The average Bonchev–Trinajstić information content (AvgIpc) is 2.39. The van der Waals surface area contributed by atoms with Crippen molar-refractivity contribution in [3.63, 3.8) is 0 Å². The van der Waals surface area contributed by atoms with Crippen molar-refractivity contribution < 1.29 is 4.79 Å². The van der Waals surface area contributed by atoms with E-state index in [1.807, 2.05) is 13.8 Å². The highest BCUT2D eigenvalue weighted by molar-refractivity contribution is 7.80. The molecule has 0 bridgehead atoms. The number of carbonyl (C=O) groups excluding carboxylic acids is 1. The summed E-state index contributed by atoms with van der Waals surface area (Å²) in [5.41, 5.74) is 5.61. The molecule has 0 unspecified atom stereocenters. The first-order valence-electron chi connectivity index (χ1n) is 6.43. The third kappa shape index (κ3) is 3.70. The number of nitrogens with zero attached hydrogens (tertiary/aromatic N) is 2. The smallest absolute Gasteiger partial charge is 0.237 e. The van der Waals surface area contributed by atoms with Crippen LogP contribution in [0.1, 0.15) is 39.5 Å². The third-order valence-electron chi connectivity index (χ3n) is 3.08. The maximum absolute atomic E-state index is 12.5. The summed E-state index contributed by atoms with van der Waals surface area (Å²) in [6, 6.07) is 0. The molecule has 0 saturated heterocycles. The van der Waals surface area contributed by atoms with Gasteiger partial charge in [-0.3, -0.25) is 4.79 Å². The van der Waals surface area contributed by atoms with Crippen LogP contribution in [0.3, 0.4) is 0 Å². The van der Waals surface area contributed by atoms with E-state index in [0.29, 0.717) is 18.5 Å². The summed E-state index contributed by atoms with van der Waals surface area (Å²) in [5.74, 6) is -0.168. The van der Waals surface area contributed by atoms with Crippen molar-refractivity contribution in [3.8, 4) is 0 Å². The number of hydrogen-bond donors (Lipinski definition) is 2. The molecule has 0 atom stereocenters. The van der Waals surface area contributed by atoms with Crippen LogP contribution in [0.15, 0.2) is 18.7 Å². The van der Waals surface area contributed by atoms with Gasteiger partial charge in [0, 0.05) is 0 Å². The summed E-state index contributed by atoms with van der Waals surface area (Å²) in [6.07, 6.45) is 7.49. The Morgan fingerprint density at radius 3 is 2.26 bits per heavy atom. The van der Waals surface area contributed by atoms with Gasteiger partial charge < -0.3 is 11.1 Å². The van der Waals surface area contributed by atoms with E-state index in [1.54, 1.807) is 12.4 Å². The van der Waals surface area contributed by atoms with Gasteiger partial charge in [-0.15, -0.1) is 0 Å². The van der Waals surface area contributed by atoms with Crippen molar-refractivity contribution in [2.24, 2.45) is 11.1 Å². The second-order valence-corrected chi connectivity index (χ2v) is 4.97. The fourth-order valence-corrected chi connectivity index (χ4v) is 2.48. The van der Waals surface area contributed by atoms with Gasteiger partial charge in [0.2, 0.25) is 5.91 Å². The van der Waals surface area contributed by atoms with Crippen LogP contribution in [0.5, 0.6) is 0 Å². The molecule has 0 spiro atoms. The lowest BCUT2D eigenvalue weighted by Gasteiger charge is -2.30. The van der Waals surface area contributed by atoms with E-state index < -0.39 is 5.41 Å². The molecule has 6 heteroatoms. The fraction of sp³-hybridized carbons (Fsp3) is 0.538. The Morgan fingerprint density at radius 1 is 1.32 bits per heavy atom. The second kappa shape index (κ2) is 7.13. The molecule has 1 amide bonds. The van der Waals surface area contributed by atoms with E-state index in [0.717, 1.165) is 12.8 Å². The van der Waals surface area contributed by atoms with Crippen LogP contribution in [-0.2, 0) is 4.79 Å². The van der Waals surface area contributed by atoms with Crippen LogP contribution in [0.2, 0.25) is 0 Å². The monoisotopic (exact) mass is 280 g/mol. The van der Waals surface area contributed by atoms with Crippen LogP contribution in [-0.4, -0.2) is 20.9 Å². The van der Waals surface area contributed by atoms with E-state index >= 15 is 0 Å². The van der Waals surface area contributed by atoms with Gasteiger partial charge in [-0.25, -0.2) is 9.97 Å². The first kappa shape index (κ1) is 15.5. The minimum atomic E-state index is -0.783. The van der Waals surface area contributed by atoms with Gasteiger partial charge >= 0.3 is 0 Å². The number of thiocarbonyl (C=S) groups is 1. The summed E-state index contributed by atoms with van der Waals surface area (Å²) in [7, 11) is 0. The van der Waals surface area contributed by atoms with Gasteiger partial charge in [-0.05, 0) is 12.8 Å². The maximum atomic E-state index is 12.5. The molecule has 5 nitrogen and oxygen atoms in total. The summed E-state index contributed by atoms with van der Waals surface area (Å²) in [4.78, 5) is 20.5. The molecule has 3 N–H and O–H groups in total. The van der Waals surface area contributed by atoms with Crippen molar-refractivity contribution in [3.05, 3.63) is 18.7 Å². The van der Waals surface area contributed by atoms with Crippen molar-refractivity contribution >= 4 is 28.8 Å². The van der Waals surface area contributed by atoms with Crippen LogP contribution >= 0.6 is 12.2 Å². The minimum Gasteiger partial charge on any atom is -0.392 e. The number of carbonyl (C=O) groups is 1. The number of nitrogens with one attached hydrogen (secondary N) is 1. The fourth-order valence-electron chi connectivity index (χ4n) is 2.18. The molecule has 0 aliphatic heterocycles. The Morgan fingerprint density at radius 2 is 1.84 bits per heavy atom. The highest BCUT2D eigenvalue weighted by Gasteiger charge is 2.39. The SMILES string of the molecule is CCCC(CCC)(C(=O)Nc1cncnc1)C(N)=S. The largest absolute Gasteiger partial charge is 0.392 e. The van der Waals surface area contributed by atoms with Crippen LogP contribution < -0.4 is 11.1 Å². The van der Waals surface area contributed by atoms with Crippen molar-refractivity contribution in [1.29, 1.82) is 0 Å². The highest BCUT2D eigenvalue weighted by atomic mass is 32.1. The lowest BCUT2D eigenvalue weighted by molar-refractivity contribution is -0.122. The number of hydrogen-bond acceptors (Lipinski definition) is 4. The topological polar surface area (TPSA) is 80.9 Å². The summed E-state index contributed by atoms with van der Waals surface area (Å²) in [5, 5.41) is 2.80. The van der Waals surface area contributed by atoms with Gasteiger partial charge in [0.15, 0.2) is 0 Å². The molecule has 104 valence electrons. The Labute approximate surface area is 119 Å². The molecular weight excluding hydrogens is 260 g/mol. The molecule has 0 aliphatic carbocycles. The third-order valence-corrected chi connectivity index (χ3v) is 3.47. The maximum Gasteiger partial charge on any atom is 0.237 e. The molecule has 0 radical (unpaired) electrons. The lowest BCUT2D eigenvalue weighted by Crippen LogP contribution is -2.46. The Kier molecular flexibility index (Phi) is 5.82. The van der Waals surface area contributed by atoms with Gasteiger partial charge in [0.05, 0.1) is 28.5 Å². The summed E-state index contributed by atoms with van der Waals surface area (Å²) >= 11 is 5.14. The number of aromatic nitrogens is 2. The second-order valence-electron chi connectivity index (χ2n) is 4.53. The Hall–Kier alpha value is -1.56. The van der Waals surface area contributed by atoms with E-state index in [4.69, 9.17) is 18.0 Å². The zero-order chi connectivity index (χ0) is 14.3. The minimum absolute atomic E-state index is 0.168. The van der Waals surface area contributed by atoms with E-state index in [9.17, 15) is 4.79 Å². The number of amides is 1. The summed E-state index contributed by atoms with van der Waals surface area (Å²) < 4.78 is 0. The van der Waals surface area contributed by atoms with Gasteiger partial charge in [-0.1, -0.05) is 38.9 Å². The quantitative estimate of drug-likeness (QED) is 0.749. The van der Waals surface area contributed by atoms with Gasteiger partial charge in [-0.2, -0.15) is 0 Å². The molecule has 1 heterocycles.